The SMILES string of the molecule is CCCCCCCCNC(=O)[C@@H](N)CCCC. The minimum atomic E-state index is -0.310. The Morgan fingerprint density at radius 1 is 1.00 bits per heavy atom. The third-order valence-corrected chi connectivity index (χ3v) is 3.04. The fourth-order valence-corrected chi connectivity index (χ4v) is 1.80. The Kier molecular flexibility index (Phi) is 11.5. The van der Waals surface area contributed by atoms with Gasteiger partial charge in [-0.2, -0.15) is 0 Å². The van der Waals surface area contributed by atoms with Crippen LogP contribution in [0.1, 0.15) is 71.6 Å². The number of rotatable bonds is 11. The van der Waals surface area contributed by atoms with Crippen molar-refractivity contribution in [1.29, 1.82) is 0 Å². The molecule has 0 aliphatic rings. The van der Waals surface area contributed by atoms with Gasteiger partial charge in [0.05, 0.1) is 6.04 Å². The molecule has 0 radical (unpaired) electrons. The van der Waals surface area contributed by atoms with Gasteiger partial charge in [-0.15, -0.1) is 0 Å². The van der Waals surface area contributed by atoms with Crippen molar-refractivity contribution < 1.29 is 4.79 Å². The molecule has 102 valence electrons. The fraction of sp³-hybridized carbons (Fsp3) is 0.929. The second-order valence-electron chi connectivity index (χ2n) is 4.81. The first-order valence-corrected chi connectivity index (χ1v) is 7.25. The number of nitrogens with one attached hydrogen (secondary N) is 1. The first-order chi connectivity index (χ1) is 8.22. The zero-order valence-electron chi connectivity index (χ0n) is 11.6. The summed E-state index contributed by atoms with van der Waals surface area (Å²) in [4.78, 5) is 11.5. The molecule has 3 N–H and O–H groups in total. The van der Waals surface area contributed by atoms with Crippen LogP contribution in [0.25, 0.3) is 0 Å². The standard InChI is InChI=1S/C14H30N2O/c1-3-5-7-8-9-10-12-16-14(17)13(15)11-6-4-2/h13H,3-12,15H2,1-2H3,(H,16,17)/t13-/m0/s1. The van der Waals surface area contributed by atoms with Gasteiger partial charge in [0.2, 0.25) is 5.91 Å². The predicted molar refractivity (Wildman–Crippen MR) is 73.9 cm³/mol. The Morgan fingerprint density at radius 3 is 2.24 bits per heavy atom. The fourth-order valence-electron chi connectivity index (χ4n) is 1.80. The lowest BCUT2D eigenvalue weighted by atomic mass is 10.1. The lowest BCUT2D eigenvalue weighted by Gasteiger charge is -2.11. The summed E-state index contributed by atoms with van der Waals surface area (Å²) in [6.07, 6.45) is 10.4. The van der Waals surface area contributed by atoms with Crippen LogP contribution in [0.4, 0.5) is 0 Å². The van der Waals surface area contributed by atoms with Crippen molar-refractivity contribution in [2.24, 2.45) is 5.73 Å². The molecule has 0 saturated carbocycles. The predicted octanol–water partition coefficient (Wildman–Crippen LogP) is 2.98. The number of hydrogen-bond acceptors (Lipinski definition) is 2. The van der Waals surface area contributed by atoms with Gasteiger partial charge in [-0.25, -0.2) is 0 Å². The van der Waals surface area contributed by atoms with Gasteiger partial charge in [-0.3, -0.25) is 4.79 Å². The molecule has 0 unspecified atom stereocenters. The molecule has 0 heterocycles. The van der Waals surface area contributed by atoms with Crippen LogP contribution in [-0.4, -0.2) is 18.5 Å². The molecule has 0 aromatic heterocycles. The maximum atomic E-state index is 11.5. The molecule has 1 amide bonds. The van der Waals surface area contributed by atoms with Gasteiger partial charge < -0.3 is 11.1 Å². The van der Waals surface area contributed by atoms with Crippen molar-refractivity contribution >= 4 is 5.91 Å². The normalized spacial score (nSPS) is 12.4. The third-order valence-electron chi connectivity index (χ3n) is 3.04. The van der Waals surface area contributed by atoms with E-state index in [9.17, 15) is 4.79 Å². The minimum Gasteiger partial charge on any atom is -0.355 e. The van der Waals surface area contributed by atoms with Crippen molar-refractivity contribution in [3.63, 3.8) is 0 Å². The van der Waals surface area contributed by atoms with Crippen LogP contribution in [-0.2, 0) is 4.79 Å². The molecule has 0 aromatic rings. The molecule has 0 aliphatic heterocycles. The van der Waals surface area contributed by atoms with Gasteiger partial charge >= 0.3 is 0 Å². The topological polar surface area (TPSA) is 55.1 Å². The molecule has 0 saturated heterocycles. The number of nitrogens with two attached hydrogens (primary N) is 1. The highest BCUT2D eigenvalue weighted by Crippen LogP contribution is 2.04. The first kappa shape index (κ1) is 16.4. The average Bonchev–Trinajstić information content (AvgIpc) is 2.34. The monoisotopic (exact) mass is 242 g/mol. The highest BCUT2D eigenvalue weighted by molar-refractivity contribution is 5.81. The van der Waals surface area contributed by atoms with Gasteiger partial charge in [0.1, 0.15) is 0 Å². The molecule has 0 spiro atoms. The molecule has 0 aliphatic carbocycles. The van der Waals surface area contributed by atoms with Gasteiger partial charge in [0, 0.05) is 6.54 Å². The van der Waals surface area contributed by atoms with Crippen LogP contribution < -0.4 is 11.1 Å². The molecular formula is C14H30N2O. The van der Waals surface area contributed by atoms with Gasteiger partial charge in [0.15, 0.2) is 0 Å². The largest absolute Gasteiger partial charge is 0.355 e. The number of carbonyl (C=O) groups excluding carboxylic acids is 1. The van der Waals surface area contributed by atoms with E-state index in [4.69, 9.17) is 5.73 Å². The van der Waals surface area contributed by atoms with E-state index < -0.39 is 0 Å². The number of carbonyl (C=O) groups is 1. The second-order valence-corrected chi connectivity index (χ2v) is 4.81. The number of unbranched alkanes of at least 4 members (excludes halogenated alkanes) is 6. The smallest absolute Gasteiger partial charge is 0.236 e. The summed E-state index contributed by atoms with van der Waals surface area (Å²) >= 11 is 0. The van der Waals surface area contributed by atoms with Crippen LogP contribution in [0.3, 0.4) is 0 Å². The molecule has 0 rings (SSSR count). The minimum absolute atomic E-state index is 0.0204. The summed E-state index contributed by atoms with van der Waals surface area (Å²) in [5, 5.41) is 2.92. The Balaban J connectivity index is 3.32. The van der Waals surface area contributed by atoms with Crippen LogP contribution in [0.2, 0.25) is 0 Å². The summed E-state index contributed by atoms with van der Waals surface area (Å²) < 4.78 is 0. The van der Waals surface area contributed by atoms with E-state index in [0.29, 0.717) is 0 Å². The van der Waals surface area contributed by atoms with Crippen molar-refractivity contribution in [2.45, 2.75) is 77.7 Å². The van der Waals surface area contributed by atoms with Gasteiger partial charge in [0.25, 0.3) is 0 Å². The van der Waals surface area contributed by atoms with E-state index in [2.05, 4.69) is 19.2 Å². The molecular weight excluding hydrogens is 212 g/mol. The van der Waals surface area contributed by atoms with E-state index >= 15 is 0 Å². The average molecular weight is 242 g/mol. The van der Waals surface area contributed by atoms with Gasteiger partial charge in [-0.05, 0) is 12.8 Å². The van der Waals surface area contributed by atoms with Crippen LogP contribution in [0.15, 0.2) is 0 Å². The highest BCUT2D eigenvalue weighted by Gasteiger charge is 2.11. The first-order valence-electron chi connectivity index (χ1n) is 7.25. The van der Waals surface area contributed by atoms with E-state index in [1.165, 1.54) is 32.1 Å². The second kappa shape index (κ2) is 11.9. The van der Waals surface area contributed by atoms with Crippen molar-refractivity contribution in [1.82, 2.24) is 5.32 Å². The van der Waals surface area contributed by atoms with Crippen molar-refractivity contribution in [3.8, 4) is 0 Å². The highest BCUT2D eigenvalue weighted by atomic mass is 16.2. The molecule has 3 heteroatoms. The molecule has 0 aromatic carbocycles. The van der Waals surface area contributed by atoms with E-state index in [1.807, 2.05) is 0 Å². The number of hydrogen-bond donors (Lipinski definition) is 2. The van der Waals surface area contributed by atoms with Crippen molar-refractivity contribution in [3.05, 3.63) is 0 Å². The van der Waals surface area contributed by atoms with E-state index in [-0.39, 0.29) is 11.9 Å². The summed E-state index contributed by atoms with van der Waals surface area (Å²) in [5.74, 6) is 0.0204. The Labute approximate surface area is 107 Å². The maximum Gasteiger partial charge on any atom is 0.236 e. The van der Waals surface area contributed by atoms with Crippen LogP contribution >= 0.6 is 0 Å². The molecule has 0 fully saturated rings. The van der Waals surface area contributed by atoms with E-state index in [0.717, 1.165) is 32.2 Å². The number of amides is 1. The molecule has 3 nitrogen and oxygen atoms in total. The Bertz CT molecular complexity index is 183. The zero-order chi connectivity index (χ0) is 12.9. The summed E-state index contributed by atoms with van der Waals surface area (Å²) in [7, 11) is 0. The van der Waals surface area contributed by atoms with Gasteiger partial charge in [-0.1, -0.05) is 58.8 Å². The summed E-state index contributed by atoms with van der Waals surface area (Å²) in [6, 6.07) is -0.310. The maximum absolute atomic E-state index is 11.5. The quantitative estimate of drug-likeness (QED) is 0.547. The summed E-state index contributed by atoms with van der Waals surface area (Å²) in [6.45, 7) is 5.11. The lowest BCUT2D eigenvalue weighted by Crippen LogP contribution is -2.40. The molecule has 17 heavy (non-hydrogen) atoms. The Hall–Kier alpha value is -0.570. The third kappa shape index (κ3) is 10.3. The van der Waals surface area contributed by atoms with Crippen LogP contribution in [0, 0.1) is 0 Å². The summed E-state index contributed by atoms with van der Waals surface area (Å²) in [5.41, 5.74) is 5.77. The van der Waals surface area contributed by atoms with E-state index in [1.54, 1.807) is 0 Å². The lowest BCUT2D eigenvalue weighted by molar-refractivity contribution is -0.122. The van der Waals surface area contributed by atoms with Crippen molar-refractivity contribution in [2.75, 3.05) is 6.54 Å². The zero-order valence-corrected chi connectivity index (χ0v) is 11.6. The Morgan fingerprint density at radius 2 is 1.59 bits per heavy atom. The van der Waals surface area contributed by atoms with Crippen LogP contribution in [0.5, 0.6) is 0 Å². The molecule has 1 atom stereocenters. The molecule has 0 bridgehead atoms.